The van der Waals surface area contributed by atoms with Gasteiger partial charge in [-0.25, -0.2) is 0 Å². The zero-order valence-corrected chi connectivity index (χ0v) is 27.2. The molecule has 2 aromatic rings. The Morgan fingerprint density at radius 3 is 2.32 bits per heavy atom. The van der Waals surface area contributed by atoms with Gasteiger partial charge in [-0.05, 0) is 64.8 Å². The molecule has 2 aromatic carbocycles. The Kier molecular flexibility index (Phi) is 8.16. The Balaban J connectivity index is 1.19. The number of phenolic OH excluding ortho intramolecular Hbond substituents is 1. The number of nitrogens with zero attached hydrogens (tertiary/aromatic N) is 2. The van der Waals surface area contributed by atoms with Gasteiger partial charge < -0.3 is 25.7 Å². The van der Waals surface area contributed by atoms with Gasteiger partial charge >= 0.3 is 0 Å². The lowest BCUT2D eigenvalue weighted by Gasteiger charge is -2.29. The summed E-state index contributed by atoms with van der Waals surface area (Å²) >= 11 is 0. The van der Waals surface area contributed by atoms with Gasteiger partial charge in [-0.1, -0.05) is 74.6 Å². The van der Waals surface area contributed by atoms with Gasteiger partial charge in [0.2, 0.25) is 11.8 Å². The van der Waals surface area contributed by atoms with Crippen LogP contribution >= 0.6 is 0 Å². The summed E-state index contributed by atoms with van der Waals surface area (Å²) < 4.78 is 0. The van der Waals surface area contributed by atoms with Gasteiger partial charge in [0.05, 0.1) is 11.4 Å². The van der Waals surface area contributed by atoms with E-state index >= 15 is 0 Å². The molecule has 47 heavy (non-hydrogen) atoms. The van der Waals surface area contributed by atoms with Crippen molar-refractivity contribution >= 4 is 28.3 Å². The maximum absolute atomic E-state index is 14.4. The maximum atomic E-state index is 14.4. The maximum Gasteiger partial charge on any atom is 0.227 e. The smallest absolute Gasteiger partial charge is 0.227 e. The molecule has 0 radical (unpaired) electrons. The number of aliphatic hydroxyl groups is 1. The van der Waals surface area contributed by atoms with Crippen LogP contribution in [0.25, 0.3) is 10.8 Å². The summed E-state index contributed by atoms with van der Waals surface area (Å²) in [6.45, 7) is 5.39. The highest BCUT2D eigenvalue weighted by Gasteiger charge is 2.40. The van der Waals surface area contributed by atoms with Crippen LogP contribution in [0.2, 0.25) is 0 Å². The fourth-order valence-corrected chi connectivity index (χ4v) is 8.21. The normalized spacial score (nSPS) is 23.8. The number of carbonyl (C=O) groups is 2. The highest BCUT2D eigenvalue weighted by molar-refractivity contribution is 6.03. The first-order valence-corrected chi connectivity index (χ1v) is 17.0. The largest absolute Gasteiger partial charge is 0.508 e. The number of aliphatic hydroxyl groups excluding tert-OH is 1. The molecule has 242 valence electrons. The van der Waals surface area contributed by atoms with Crippen molar-refractivity contribution in [2.75, 3.05) is 18.0 Å². The van der Waals surface area contributed by atoms with Crippen molar-refractivity contribution < 1.29 is 19.8 Å². The van der Waals surface area contributed by atoms with Crippen LogP contribution in [-0.4, -0.2) is 40.0 Å². The highest BCUT2D eigenvalue weighted by Crippen LogP contribution is 2.47. The molecule has 0 fully saturated rings. The van der Waals surface area contributed by atoms with Crippen LogP contribution < -0.4 is 10.6 Å². The van der Waals surface area contributed by atoms with Crippen molar-refractivity contribution in [3.63, 3.8) is 0 Å². The fraction of sp³-hybridized carbons (Fsp3) is 0.350. The van der Waals surface area contributed by atoms with E-state index in [1.165, 1.54) is 0 Å². The molecule has 4 N–H and O–H groups in total. The molecule has 0 spiro atoms. The molecular formula is C40H43N3O4. The number of aromatic hydroxyl groups is 1. The van der Waals surface area contributed by atoms with E-state index in [2.05, 4.69) is 19.9 Å². The standard InChI is InChI=1S/C40H43N3O4/c1-3-24-22-42(33-20-35(44)27-9-5-6-10-28(17-27)39(24)33)37(46)18-29(26-13-15-30(41)16-14-26)19-38(47)43-23-25(4-2)40-32-12-8-7-11-31(32)36(45)21-34(40)43/h5-13,15-16,20-21,24-26,29,44-45H,3-4,14,17-19,22-23,41H2,1-2H3. The van der Waals surface area contributed by atoms with Crippen molar-refractivity contribution in [2.24, 2.45) is 23.5 Å². The average molecular weight is 630 g/mol. The molecule has 2 aliphatic heterocycles. The molecule has 0 aromatic heterocycles. The van der Waals surface area contributed by atoms with Gasteiger partial charge in [0.25, 0.3) is 0 Å². The van der Waals surface area contributed by atoms with Crippen molar-refractivity contribution in [3.05, 3.63) is 118 Å². The van der Waals surface area contributed by atoms with E-state index in [1.54, 1.807) is 12.1 Å². The molecule has 7 heteroatoms. The lowest BCUT2D eigenvalue weighted by atomic mass is 9.81. The van der Waals surface area contributed by atoms with Crippen LogP contribution in [0.3, 0.4) is 0 Å². The third-order valence-electron chi connectivity index (χ3n) is 10.8. The van der Waals surface area contributed by atoms with E-state index in [9.17, 15) is 19.8 Å². The quantitative estimate of drug-likeness (QED) is 0.293. The third kappa shape index (κ3) is 5.52. The SMILES string of the molecule is CCC1CN(C(=O)CC(CC(=O)N2CC(CC)c3c2cc(O)c2ccccc32)C2C=CC(N)=CC2)C2=C1C1=CC=CC=C(C1)C(O)=C2. The van der Waals surface area contributed by atoms with E-state index in [1.807, 2.05) is 70.5 Å². The molecule has 7 rings (SSSR count). The Morgan fingerprint density at radius 1 is 0.936 bits per heavy atom. The summed E-state index contributed by atoms with van der Waals surface area (Å²) in [4.78, 5) is 32.3. The zero-order valence-electron chi connectivity index (χ0n) is 27.2. The highest BCUT2D eigenvalue weighted by atomic mass is 16.3. The number of carbonyl (C=O) groups excluding carboxylic acids is 2. The van der Waals surface area contributed by atoms with Gasteiger partial charge in [0.15, 0.2) is 0 Å². The van der Waals surface area contributed by atoms with E-state index < -0.39 is 0 Å². The minimum atomic E-state index is -0.255. The number of allylic oxidation sites excluding steroid dienone is 10. The van der Waals surface area contributed by atoms with Crippen LogP contribution in [-0.2, 0) is 9.59 Å². The summed E-state index contributed by atoms with van der Waals surface area (Å²) in [6, 6.07) is 9.57. The molecule has 4 unspecified atom stereocenters. The number of hydrogen-bond acceptors (Lipinski definition) is 5. The van der Waals surface area contributed by atoms with Crippen molar-refractivity contribution in [2.45, 2.75) is 58.3 Å². The van der Waals surface area contributed by atoms with E-state index in [4.69, 9.17) is 5.73 Å². The first kappa shape index (κ1) is 30.9. The Morgan fingerprint density at radius 2 is 1.62 bits per heavy atom. The van der Waals surface area contributed by atoms with Gasteiger partial charge in [-0.15, -0.1) is 0 Å². The molecule has 7 nitrogen and oxygen atoms in total. The van der Waals surface area contributed by atoms with Crippen LogP contribution in [0.15, 0.2) is 113 Å². The van der Waals surface area contributed by atoms with E-state index in [0.717, 1.165) is 57.3 Å². The predicted molar refractivity (Wildman–Crippen MR) is 186 cm³/mol. The second-order valence-electron chi connectivity index (χ2n) is 13.5. The summed E-state index contributed by atoms with van der Waals surface area (Å²) in [5.74, 6) is 0.328. The topological polar surface area (TPSA) is 107 Å². The molecule has 2 amide bonds. The average Bonchev–Trinajstić information content (AvgIpc) is 3.48. The second kappa shape index (κ2) is 12.4. The Bertz CT molecular complexity index is 1870. The molecule has 5 aliphatic rings. The molecule has 3 aliphatic carbocycles. The first-order chi connectivity index (χ1) is 22.8. The lowest BCUT2D eigenvalue weighted by Crippen LogP contribution is -2.36. The van der Waals surface area contributed by atoms with Crippen LogP contribution in [0, 0.1) is 17.8 Å². The Hall–Kier alpha value is -4.78. The van der Waals surface area contributed by atoms with Crippen LogP contribution in [0.5, 0.6) is 5.75 Å². The zero-order chi connectivity index (χ0) is 32.8. The monoisotopic (exact) mass is 629 g/mol. The number of anilines is 1. The number of phenols is 1. The minimum absolute atomic E-state index is 0.0268. The van der Waals surface area contributed by atoms with Gasteiger partial charge in [0.1, 0.15) is 11.5 Å². The molecule has 4 atom stereocenters. The van der Waals surface area contributed by atoms with Crippen LogP contribution in [0.1, 0.15) is 63.9 Å². The third-order valence-corrected chi connectivity index (χ3v) is 10.8. The molecular weight excluding hydrogens is 586 g/mol. The van der Waals surface area contributed by atoms with Gasteiger partial charge in [0, 0.05) is 67.4 Å². The lowest BCUT2D eigenvalue weighted by molar-refractivity contribution is -0.130. The number of amides is 2. The summed E-state index contributed by atoms with van der Waals surface area (Å²) in [7, 11) is 0. The first-order valence-electron chi connectivity index (χ1n) is 17.0. The Labute approximate surface area is 276 Å². The molecule has 0 saturated carbocycles. The van der Waals surface area contributed by atoms with Gasteiger partial charge in [-0.3, -0.25) is 9.59 Å². The second-order valence-corrected chi connectivity index (χ2v) is 13.5. The molecule has 2 heterocycles. The van der Waals surface area contributed by atoms with Crippen LogP contribution in [0.4, 0.5) is 5.69 Å². The predicted octanol–water partition coefficient (Wildman–Crippen LogP) is 7.59. The number of benzene rings is 2. The number of hydrogen-bond donors (Lipinski definition) is 3. The number of fused-ring (bicyclic) bond motifs is 6. The van der Waals surface area contributed by atoms with Crippen molar-refractivity contribution in [1.82, 2.24) is 4.90 Å². The van der Waals surface area contributed by atoms with Crippen molar-refractivity contribution in [3.8, 4) is 5.75 Å². The summed E-state index contributed by atoms with van der Waals surface area (Å²) in [6.07, 6.45) is 19.1. The molecule has 0 saturated heterocycles. The van der Waals surface area contributed by atoms with Gasteiger partial charge in [-0.2, -0.15) is 0 Å². The number of rotatable bonds is 7. The molecule has 2 bridgehead atoms. The van der Waals surface area contributed by atoms with E-state index in [0.29, 0.717) is 31.6 Å². The fourth-order valence-electron chi connectivity index (χ4n) is 8.21. The minimum Gasteiger partial charge on any atom is -0.508 e. The number of nitrogens with two attached hydrogens (primary N) is 1. The van der Waals surface area contributed by atoms with E-state index in [-0.39, 0.29) is 59.8 Å². The summed E-state index contributed by atoms with van der Waals surface area (Å²) in [5, 5.41) is 23.8. The van der Waals surface area contributed by atoms with Crippen molar-refractivity contribution in [1.29, 1.82) is 0 Å². The summed E-state index contributed by atoms with van der Waals surface area (Å²) in [5.41, 5.74) is 12.5.